The van der Waals surface area contributed by atoms with Crippen LogP contribution >= 0.6 is 0 Å². The first kappa shape index (κ1) is 17.2. The van der Waals surface area contributed by atoms with Crippen molar-refractivity contribution in [1.29, 1.82) is 5.26 Å². The number of hydrogen-bond donors (Lipinski definition) is 0. The molecule has 1 saturated carbocycles. The molecule has 25 heavy (non-hydrogen) atoms. The van der Waals surface area contributed by atoms with Gasteiger partial charge in [0.05, 0.1) is 35.6 Å². The molecule has 1 aromatic carbocycles. The molecule has 0 bridgehead atoms. The summed E-state index contributed by atoms with van der Waals surface area (Å²) in [6.45, 7) is 6.53. The molecule has 0 saturated heterocycles. The van der Waals surface area contributed by atoms with Crippen LogP contribution in [0.25, 0.3) is 5.69 Å². The SMILES string of the molecule is Cc1ccccc1-n1ncc(C(=O)N(CCC#N)[C@@H](C)C2CC2)c1C. The number of amides is 1. The van der Waals surface area contributed by atoms with Gasteiger partial charge in [0.2, 0.25) is 0 Å². The third kappa shape index (κ3) is 3.43. The number of carbonyl (C=O) groups is 1. The fraction of sp³-hybridized carbons (Fsp3) is 0.450. The highest BCUT2D eigenvalue weighted by Gasteiger charge is 2.35. The van der Waals surface area contributed by atoms with Gasteiger partial charge in [-0.1, -0.05) is 18.2 Å². The van der Waals surface area contributed by atoms with Crippen LogP contribution < -0.4 is 0 Å². The van der Waals surface area contributed by atoms with Crippen LogP contribution in [0.3, 0.4) is 0 Å². The van der Waals surface area contributed by atoms with Crippen molar-refractivity contribution in [3.05, 3.63) is 47.3 Å². The molecule has 0 N–H and O–H groups in total. The summed E-state index contributed by atoms with van der Waals surface area (Å²) in [4.78, 5) is 15.0. The highest BCUT2D eigenvalue weighted by Crippen LogP contribution is 2.36. The third-order valence-electron chi connectivity index (χ3n) is 5.11. The Labute approximate surface area is 148 Å². The maximum absolute atomic E-state index is 13.1. The molecule has 1 aliphatic carbocycles. The Balaban J connectivity index is 1.91. The smallest absolute Gasteiger partial charge is 0.257 e. The van der Waals surface area contributed by atoms with Gasteiger partial charge in [0, 0.05) is 12.6 Å². The largest absolute Gasteiger partial charge is 0.335 e. The lowest BCUT2D eigenvalue weighted by molar-refractivity contribution is 0.0676. The molecule has 0 aliphatic heterocycles. The molecule has 1 aliphatic rings. The van der Waals surface area contributed by atoms with Crippen LogP contribution in [0.5, 0.6) is 0 Å². The molecule has 0 unspecified atom stereocenters. The summed E-state index contributed by atoms with van der Waals surface area (Å²) in [5, 5.41) is 13.4. The molecule has 1 aromatic heterocycles. The monoisotopic (exact) mass is 336 g/mol. The molecule has 1 fully saturated rings. The molecule has 0 radical (unpaired) electrons. The van der Waals surface area contributed by atoms with E-state index in [9.17, 15) is 4.79 Å². The van der Waals surface area contributed by atoms with Crippen molar-refractivity contribution in [2.45, 2.75) is 46.1 Å². The van der Waals surface area contributed by atoms with Gasteiger partial charge in [0.1, 0.15) is 0 Å². The number of rotatable bonds is 6. The number of aryl methyl sites for hydroxylation is 1. The van der Waals surface area contributed by atoms with E-state index in [1.807, 2.05) is 47.7 Å². The Morgan fingerprint density at radius 3 is 2.76 bits per heavy atom. The van der Waals surface area contributed by atoms with E-state index in [0.29, 0.717) is 24.4 Å². The van der Waals surface area contributed by atoms with Crippen LogP contribution in [-0.2, 0) is 0 Å². The van der Waals surface area contributed by atoms with Gasteiger partial charge < -0.3 is 4.90 Å². The highest BCUT2D eigenvalue weighted by atomic mass is 16.2. The van der Waals surface area contributed by atoms with Crippen molar-refractivity contribution in [1.82, 2.24) is 14.7 Å². The van der Waals surface area contributed by atoms with E-state index in [-0.39, 0.29) is 11.9 Å². The average molecular weight is 336 g/mol. The average Bonchev–Trinajstić information content (AvgIpc) is 3.38. The molecule has 5 heteroatoms. The minimum Gasteiger partial charge on any atom is -0.335 e. The van der Waals surface area contributed by atoms with Crippen molar-refractivity contribution in [2.75, 3.05) is 6.54 Å². The standard InChI is InChI=1S/C20H24N4O/c1-14-7-4-5-8-19(14)24-16(3)18(13-22-24)20(25)23(12-6-11-21)15(2)17-9-10-17/h4-5,7-8,13,15,17H,6,9-10,12H2,1-3H3/t15-/m0/s1. The second-order valence-electron chi connectivity index (χ2n) is 6.83. The zero-order valence-corrected chi connectivity index (χ0v) is 15.1. The summed E-state index contributed by atoms with van der Waals surface area (Å²) in [6.07, 6.45) is 4.34. The summed E-state index contributed by atoms with van der Waals surface area (Å²) in [6, 6.07) is 10.3. The van der Waals surface area contributed by atoms with E-state index in [1.165, 1.54) is 12.8 Å². The zero-order chi connectivity index (χ0) is 18.0. The van der Waals surface area contributed by atoms with Crippen molar-refractivity contribution in [2.24, 2.45) is 5.92 Å². The normalized spacial score (nSPS) is 14.8. The molecule has 130 valence electrons. The number of nitrogens with zero attached hydrogens (tertiary/aromatic N) is 4. The van der Waals surface area contributed by atoms with E-state index in [1.54, 1.807) is 6.20 Å². The van der Waals surface area contributed by atoms with Gasteiger partial charge in [-0.25, -0.2) is 4.68 Å². The van der Waals surface area contributed by atoms with Gasteiger partial charge in [0.15, 0.2) is 0 Å². The number of nitriles is 1. The van der Waals surface area contributed by atoms with Crippen LogP contribution in [0.4, 0.5) is 0 Å². The Bertz CT molecular complexity index is 813. The summed E-state index contributed by atoms with van der Waals surface area (Å²) in [5.74, 6) is 0.543. The minimum atomic E-state index is -0.0213. The first-order valence-corrected chi connectivity index (χ1v) is 8.83. The third-order valence-corrected chi connectivity index (χ3v) is 5.11. The van der Waals surface area contributed by atoms with Gasteiger partial charge in [-0.3, -0.25) is 4.79 Å². The van der Waals surface area contributed by atoms with E-state index in [4.69, 9.17) is 5.26 Å². The second kappa shape index (κ2) is 7.10. The Morgan fingerprint density at radius 2 is 2.12 bits per heavy atom. The van der Waals surface area contributed by atoms with Crippen molar-refractivity contribution in [3.63, 3.8) is 0 Å². The number of aromatic nitrogens is 2. The van der Waals surface area contributed by atoms with E-state index < -0.39 is 0 Å². The zero-order valence-electron chi connectivity index (χ0n) is 15.1. The van der Waals surface area contributed by atoms with Gasteiger partial charge in [-0.05, 0) is 51.2 Å². The van der Waals surface area contributed by atoms with E-state index in [0.717, 1.165) is 16.9 Å². The Kier molecular flexibility index (Phi) is 4.89. The second-order valence-corrected chi connectivity index (χ2v) is 6.83. The molecule has 5 nitrogen and oxygen atoms in total. The lowest BCUT2D eigenvalue weighted by Crippen LogP contribution is -2.40. The van der Waals surface area contributed by atoms with E-state index >= 15 is 0 Å². The summed E-state index contributed by atoms with van der Waals surface area (Å²) < 4.78 is 1.83. The first-order valence-electron chi connectivity index (χ1n) is 8.83. The topological polar surface area (TPSA) is 61.9 Å². The predicted molar refractivity (Wildman–Crippen MR) is 96.5 cm³/mol. The fourth-order valence-corrected chi connectivity index (χ4v) is 3.31. The summed E-state index contributed by atoms with van der Waals surface area (Å²) in [7, 11) is 0. The number of para-hydroxylation sites is 1. The van der Waals surface area contributed by atoms with Crippen molar-refractivity contribution >= 4 is 5.91 Å². The molecule has 1 amide bonds. The maximum atomic E-state index is 13.1. The maximum Gasteiger partial charge on any atom is 0.257 e. The first-order chi connectivity index (χ1) is 12.0. The summed E-state index contributed by atoms with van der Waals surface area (Å²) in [5.41, 5.74) is 3.55. The lowest BCUT2D eigenvalue weighted by Gasteiger charge is -2.28. The number of carbonyl (C=O) groups excluding carboxylic acids is 1. The molecular weight excluding hydrogens is 312 g/mol. The van der Waals surface area contributed by atoms with Gasteiger partial charge in [-0.2, -0.15) is 10.4 Å². The molecular formula is C20H24N4O. The lowest BCUT2D eigenvalue weighted by atomic mass is 10.1. The molecule has 1 heterocycles. The van der Waals surface area contributed by atoms with Crippen LogP contribution in [0, 0.1) is 31.1 Å². The predicted octanol–water partition coefficient (Wildman–Crippen LogP) is 3.64. The van der Waals surface area contributed by atoms with Crippen LogP contribution in [0.1, 0.15) is 47.8 Å². The molecule has 0 spiro atoms. The molecule has 3 rings (SSSR count). The van der Waals surface area contributed by atoms with Crippen LogP contribution in [0.2, 0.25) is 0 Å². The van der Waals surface area contributed by atoms with Crippen molar-refractivity contribution < 1.29 is 4.79 Å². The minimum absolute atomic E-state index is 0.0213. The Morgan fingerprint density at radius 1 is 1.40 bits per heavy atom. The quantitative estimate of drug-likeness (QED) is 0.809. The van der Waals surface area contributed by atoms with Crippen molar-refractivity contribution in [3.8, 4) is 11.8 Å². The fourth-order valence-electron chi connectivity index (χ4n) is 3.31. The number of hydrogen-bond acceptors (Lipinski definition) is 3. The van der Waals surface area contributed by atoms with Gasteiger partial charge >= 0.3 is 0 Å². The highest BCUT2D eigenvalue weighted by molar-refractivity contribution is 5.95. The number of benzene rings is 1. The van der Waals surface area contributed by atoms with E-state index in [2.05, 4.69) is 18.1 Å². The van der Waals surface area contributed by atoms with Crippen LogP contribution in [0.15, 0.2) is 30.5 Å². The van der Waals surface area contributed by atoms with Gasteiger partial charge in [-0.15, -0.1) is 0 Å². The molecule has 2 aromatic rings. The molecule has 1 atom stereocenters. The Hall–Kier alpha value is -2.61. The van der Waals surface area contributed by atoms with Crippen LogP contribution in [-0.4, -0.2) is 33.2 Å². The summed E-state index contributed by atoms with van der Waals surface area (Å²) >= 11 is 0. The van der Waals surface area contributed by atoms with Gasteiger partial charge in [0.25, 0.3) is 5.91 Å².